The molecule has 14 heavy (non-hydrogen) atoms. The van der Waals surface area contributed by atoms with E-state index in [4.69, 9.17) is 0 Å². The summed E-state index contributed by atoms with van der Waals surface area (Å²) in [5, 5.41) is 4.26. The van der Waals surface area contributed by atoms with Crippen LogP contribution in [0.5, 0.6) is 0 Å². The number of methoxy groups -OCH3 is 1. The first kappa shape index (κ1) is 9.91. The van der Waals surface area contributed by atoms with Crippen molar-refractivity contribution in [2.45, 2.75) is 0 Å². The molecule has 0 aliphatic heterocycles. The summed E-state index contributed by atoms with van der Waals surface area (Å²) in [6.07, 6.45) is 0. The average molecular weight is 322 g/mol. The normalized spacial score (nSPS) is 10.8. The second-order valence-corrected chi connectivity index (χ2v) is 4.81. The van der Waals surface area contributed by atoms with E-state index in [0.717, 1.165) is 13.9 Å². The Hall–Kier alpha value is -0.630. The Morgan fingerprint density at radius 2 is 2.43 bits per heavy atom. The average Bonchev–Trinajstić information content (AvgIpc) is 2.68. The fourth-order valence-electron chi connectivity index (χ4n) is 1.16. The van der Waals surface area contributed by atoms with Gasteiger partial charge in [-0.1, -0.05) is 0 Å². The first-order chi connectivity index (χ1) is 6.63. The number of hydrogen-bond acceptors (Lipinski definition) is 4. The van der Waals surface area contributed by atoms with E-state index in [1.807, 2.05) is 7.05 Å². The molecule has 0 unspecified atom stereocenters. The van der Waals surface area contributed by atoms with Crippen molar-refractivity contribution >= 4 is 50.1 Å². The number of rotatable bonds is 1. The van der Waals surface area contributed by atoms with Gasteiger partial charge in [0.15, 0.2) is 0 Å². The predicted octanol–water partition coefficient (Wildman–Crippen LogP) is 2.03. The molecule has 0 aliphatic rings. The van der Waals surface area contributed by atoms with Gasteiger partial charge in [-0.3, -0.25) is 4.68 Å². The highest BCUT2D eigenvalue weighted by Crippen LogP contribution is 2.29. The molecule has 0 saturated carbocycles. The lowest BCUT2D eigenvalue weighted by Gasteiger charge is -1.92. The molecule has 2 rings (SSSR count). The third kappa shape index (κ3) is 1.42. The topological polar surface area (TPSA) is 44.1 Å². The third-order valence-electron chi connectivity index (χ3n) is 1.83. The van der Waals surface area contributed by atoms with Crippen LogP contribution in [0.3, 0.4) is 0 Å². The van der Waals surface area contributed by atoms with Crippen molar-refractivity contribution in [2.24, 2.45) is 7.05 Å². The summed E-state index contributed by atoms with van der Waals surface area (Å²) >= 11 is 3.62. The fraction of sp³-hybridized carbons (Fsp3) is 0.250. The van der Waals surface area contributed by atoms with E-state index in [9.17, 15) is 4.79 Å². The molecule has 2 aromatic rings. The van der Waals surface area contributed by atoms with Crippen LogP contribution in [0.2, 0.25) is 0 Å². The van der Waals surface area contributed by atoms with Crippen LogP contribution < -0.4 is 0 Å². The molecule has 0 atom stereocenters. The number of carbonyl (C=O) groups is 1. The van der Waals surface area contributed by atoms with Crippen LogP contribution in [0.4, 0.5) is 0 Å². The van der Waals surface area contributed by atoms with Gasteiger partial charge in [0.05, 0.1) is 11.8 Å². The van der Waals surface area contributed by atoms with Gasteiger partial charge in [0.25, 0.3) is 0 Å². The molecule has 0 aromatic carbocycles. The van der Waals surface area contributed by atoms with E-state index < -0.39 is 0 Å². The molecule has 2 aromatic heterocycles. The number of aromatic nitrogens is 2. The van der Waals surface area contributed by atoms with E-state index in [2.05, 4.69) is 32.4 Å². The highest BCUT2D eigenvalue weighted by Gasteiger charge is 2.15. The molecule has 0 spiro atoms. The maximum atomic E-state index is 11.2. The standard InChI is InChI=1S/C8H7IN2O2S/c1-11-7(9)6-4(10-11)3-5(14-6)8(12)13-2/h3H,1-2H3. The quantitative estimate of drug-likeness (QED) is 0.596. The number of halogens is 1. The Bertz CT molecular complexity index is 503. The van der Waals surface area contributed by atoms with Crippen molar-refractivity contribution in [1.82, 2.24) is 9.78 Å². The number of thiophene rings is 1. The Labute approximate surface area is 98.0 Å². The van der Waals surface area contributed by atoms with Crippen molar-refractivity contribution in [3.8, 4) is 0 Å². The summed E-state index contributed by atoms with van der Waals surface area (Å²) in [5.41, 5.74) is 0.849. The third-order valence-corrected chi connectivity index (χ3v) is 4.54. The first-order valence-corrected chi connectivity index (χ1v) is 5.73. The number of fused-ring (bicyclic) bond motifs is 1. The van der Waals surface area contributed by atoms with Crippen molar-refractivity contribution in [2.75, 3.05) is 7.11 Å². The summed E-state index contributed by atoms with van der Waals surface area (Å²) in [6.45, 7) is 0. The Morgan fingerprint density at radius 3 is 3.00 bits per heavy atom. The van der Waals surface area contributed by atoms with Gasteiger partial charge in [-0.2, -0.15) is 5.10 Å². The van der Waals surface area contributed by atoms with Gasteiger partial charge >= 0.3 is 5.97 Å². The molecular weight excluding hydrogens is 315 g/mol. The van der Waals surface area contributed by atoms with E-state index in [1.165, 1.54) is 18.4 Å². The van der Waals surface area contributed by atoms with E-state index in [-0.39, 0.29) is 5.97 Å². The van der Waals surface area contributed by atoms with Gasteiger partial charge in [-0.05, 0) is 28.7 Å². The largest absolute Gasteiger partial charge is 0.465 e. The monoisotopic (exact) mass is 322 g/mol. The maximum absolute atomic E-state index is 11.2. The van der Waals surface area contributed by atoms with Crippen molar-refractivity contribution in [3.63, 3.8) is 0 Å². The van der Waals surface area contributed by atoms with Gasteiger partial charge in [0.2, 0.25) is 0 Å². The number of esters is 1. The number of ether oxygens (including phenoxy) is 1. The van der Waals surface area contributed by atoms with Crippen molar-refractivity contribution in [3.05, 3.63) is 14.6 Å². The highest BCUT2D eigenvalue weighted by molar-refractivity contribution is 14.1. The summed E-state index contributed by atoms with van der Waals surface area (Å²) in [6, 6.07) is 1.76. The zero-order chi connectivity index (χ0) is 10.3. The van der Waals surface area contributed by atoms with E-state index in [0.29, 0.717) is 4.88 Å². The van der Waals surface area contributed by atoms with Crippen molar-refractivity contribution in [1.29, 1.82) is 0 Å². The van der Waals surface area contributed by atoms with Crippen LogP contribution in [0.1, 0.15) is 9.67 Å². The lowest BCUT2D eigenvalue weighted by atomic mass is 10.4. The minimum atomic E-state index is -0.300. The van der Waals surface area contributed by atoms with Crippen molar-refractivity contribution < 1.29 is 9.53 Å². The number of aryl methyl sites for hydroxylation is 1. The number of carbonyl (C=O) groups excluding carboxylic acids is 1. The molecule has 0 aliphatic carbocycles. The minimum absolute atomic E-state index is 0.300. The van der Waals surface area contributed by atoms with Crippen LogP contribution >= 0.6 is 33.9 Å². The number of hydrogen-bond donors (Lipinski definition) is 0. The Morgan fingerprint density at radius 1 is 1.71 bits per heavy atom. The second kappa shape index (κ2) is 3.50. The maximum Gasteiger partial charge on any atom is 0.348 e. The molecule has 2 heterocycles. The van der Waals surface area contributed by atoms with Crippen LogP contribution in [0.25, 0.3) is 10.2 Å². The summed E-state index contributed by atoms with van der Waals surface area (Å²) < 4.78 is 8.51. The summed E-state index contributed by atoms with van der Waals surface area (Å²) in [5.74, 6) is -0.300. The molecule has 0 saturated heterocycles. The lowest BCUT2D eigenvalue weighted by molar-refractivity contribution is 0.0606. The molecule has 0 amide bonds. The van der Waals surface area contributed by atoms with Crippen LogP contribution in [-0.4, -0.2) is 22.9 Å². The smallest absolute Gasteiger partial charge is 0.348 e. The number of nitrogens with zero attached hydrogens (tertiary/aromatic N) is 2. The van der Waals surface area contributed by atoms with Crippen LogP contribution in [0.15, 0.2) is 6.07 Å². The van der Waals surface area contributed by atoms with E-state index >= 15 is 0 Å². The molecule has 0 N–H and O–H groups in total. The zero-order valence-corrected chi connectivity index (χ0v) is 10.5. The molecule has 4 nitrogen and oxygen atoms in total. The summed E-state index contributed by atoms with van der Waals surface area (Å²) in [7, 11) is 3.26. The highest BCUT2D eigenvalue weighted by atomic mass is 127. The van der Waals surface area contributed by atoms with Crippen LogP contribution in [-0.2, 0) is 11.8 Å². The minimum Gasteiger partial charge on any atom is -0.465 e. The lowest BCUT2D eigenvalue weighted by Crippen LogP contribution is -1.97. The first-order valence-electron chi connectivity index (χ1n) is 3.84. The Kier molecular flexibility index (Phi) is 2.48. The molecule has 6 heteroatoms. The van der Waals surface area contributed by atoms with E-state index in [1.54, 1.807) is 10.7 Å². The fourth-order valence-corrected chi connectivity index (χ4v) is 2.85. The Balaban J connectivity index is 2.59. The molecule has 0 radical (unpaired) electrons. The second-order valence-electron chi connectivity index (χ2n) is 2.73. The van der Waals surface area contributed by atoms with Gasteiger partial charge in [0.1, 0.15) is 14.1 Å². The van der Waals surface area contributed by atoms with Gasteiger partial charge < -0.3 is 4.74 Å². The molecule has 74 valence electrons. The molecular formula is C8H7IN2O2S. The molecule has 0 fully saturated rings. The van der Waals surface area contributed by atoms with Gasteiger partial charge in [0, 0.05) is 7.05 Å². The SMILES string of the molecule is COC(=O)c1cc2nn(C)c(I)c2s1. The zero-order valence-electron chi connectivity index (χ0n) is 7.57. The predicted molar refractivity (Wildman–Crippen MR) is 62.6 cm³/mol. The summed E-state index contributed by atoms with van der Waals surface area (Å²) in [4.78, 5) is 11.8. The van der Waals surface area contributed by atoms with Crippen LogP contribution in [0, 0.1) is 3.70 Å². The molecule has 0 bridgehead atoms. The van der Waals surface area contributed by atoms with Gasteiger partial charge in [-0.15, -0.1) is 11.3 Å². The van der Waals surface area contributed by atoms with Gasteiger partial charge in [-0.25, -0.2) is 4.79 Å².